The van der Waals surface area contributed by atoms with Gasteiger partial charge in [0.2, 0.25) is 0 Å². The van der Waals surface area contributed by atoms with Gasteiger partial charge in [0.1, 0.15) is 0 Å². The molecule has 1 aliphatic heterocycles. The maximum Gasteiger partial charge on any atom is 0.318 e. The van der Waals surface area contributed by atoms with E-state index in [1.807, 2.05) is 38.1 Å². The summed E-state index contributed by atoms with van der Waals surface area (Å²) in [6.07, 6.45) is 1.76. The van der Waals surface area contributed by atoms with Gasteiger partial charge in [-0.05, 0) is 50.6 Å². The number of hydrogen-bond acceptors (Lipinski definition) is 2. The van der Waals surface area contributed by atoms with Crippen molar-refractivity contribution < 1.29 is 4.79 Å². The highest BCUT2D eigenvalue weighted by Crippen LogP contribution is 2.34. The molecule has 2 amide bonds. The van der Waals surface area contributed by atoms with Crippen LogP contribution < -0.4 is 5.32 Å². The number of likely N-dealkylation sites (N-methyl/N-ethyl adjacent to an activating group) is 1. The number of nitrogens with one attached hydrogen (secondary N) is 1. The summed E-state index contributed by atoms with van der Waals surface area (Å²) in [5, 5.41) is 2.98. The van der Waals surface area contributed by atoms with Crippen molar-refractivity contribution in [3.8, 4) is 11.8 Å². The molecule has 0 radical (unpaired) electrons. The Labute approximate surface area is 142 Å². The van der Waals surface area contributed by atoms with Crippen LogP contribution in [0, 0.1) is 18.8 Å². The van der Waals surface area contributed by atoms with Gasteiger partial charge < -0.3 is 10.2 Å². The molecule has 122 valence electrons. The van der Waals surface area contributed by atoms with Crippen molar-refractivity contribution in [2.75, 3.05) is 7.05 Å². The molecule has 3 rings (SSSR count). The van der Waals surface area contributed by atoms with E-state index in [0.717, 1.165) is 16.8 Å². The number of hydrogen-bond donors (Lipinski definition) is 1. The molecule has 1 fully saturated rings. The van der Waals surface area contributed by atoms with Gasteiger partial charge in [-0.3, -0.25) is 4.98 Å². The molecule has 1 unspecified atom stereocenters. The van der Waals surface area contributed by atoms with Crippen LogP contribution in [0.2, 0.25) is 0 Å². The van der Waals surface area contributed by atoms with Crippen LogP contribution in [0.3, 0.4) is 0 Å². The molecule has 2 heterocycles. The second-order valence-electron chi connectivity index (χ2n) is 6.69. The lowest BCUT2D eigenvalue weighted by atomic mass is 9.92. The molecule has 1 atom stereocenters. The van der Waals surface area contributed by atoms with Crippen molar-refractivity contribution in [1.29, 1.82) is 0 Å². The predicted octanol–water partition coefficient (Wildman–Crippen LogP) is 3.26. The maximum absolute atomic E-state index is 11.9. The highest BCUT2D eigenvalue weighted by atomic mass is 16.2. The van der Waals surface area contributed by atoms with Gasteiger partial charge >= 0.3 is 6.03 Å². The molecular weight excluding hydrogens is 298 g/mol. The van der Waals surface area contributed by atoms with E-state index in [-0.39, 0.29) is 17.6 Å². The summed E-state index contributed by atoms with van der Waals surface area (Å²) in [5.41, 5.74) is 3.57. The second-order valence-corrected chi connectivity index (χ2v) is 6.69. The van der Waals surface area contributed by atoms with Gasteiger partial charge in [0.25, 0.3) is 0 Å². The molecular formula is C20H21N3O. The Hall–Kier alpha value is -2.80. The SMILES string of the molecule is Cc1cccc(C#Cc2ccc(C3NC(=O)N(C)C3(C)C)nc2)c1. The van der Waals surface area contributed by atoms with Gasteiger partial charge in [0.05, 0.1) is 17.3 Å². The molecule has 1 N–H and O–H groups in total. The van der Waals surface area contributed by atoms with E-state index >= 15 is 0 Å². The zero-order valence-electron chi connectivity index (χ0n) is 14.4. The van der Waals surface area contributed by atoms with Crippen molar-refractivity contribution in [1.82, 2.24) is 15.2 Å². The Morgan fingerprint density at radius 3 is 2.50 bits per heavy atom. The van der Waals surface area contributed by atoms with Gasteiger partial charge in [0, 0.05) is 24.4 Å². The van der Waals surface area contributed by atoms with E-state index in [1.165, 1.54) is 5.56 Å². The quantitative estimate of drug-likeness (QED) is 0.820. The number of aromatic nitrogens is 1. The number of carbonyl (C=O) groups is 1. The Bertz CT molecular complexity index is 828. The molecule has 0 spiro atoms. The third-order valence-electron chi connectivity index (χ3n) is 4.59. The molecule has 1 aliphatic rings. The number of urea groups is 1. The summed E-state index contributed by atoms with van der Waals surface area (Å²) in [6, 6.07) is 11.8. The molecule has 2 aromatic rings. The van der Waals surface area contributed by atoms with E-state index in [2.05, 4.69) is 41.2 Å². The van der Waals surface area contributed by atoms with E-state index in [1.54, 1.807) is 18.1 Å². The van der Waals surface area contributed by atoms with E-state index in [9.17, 15) is 4.79 Å². The van der Waals surface area contributed by atoms with Crippen LogP contribution in [0.5, 0.6) is 0 Å². The number of pyridine rings is 1. The maximum atomic E-state index is 11.9. The first-order chi connectivity index (χ1) is 11.4. The number of aryl methyl sites for hydroxylation is 1. The normalized spacial score (nSPS) is 18.8. The third kappa shape index (κ3) is 2.98. The average Bonchev–Trinajstić information content (AvgIpc) is 2.77. The monoisotopic (exact) mass is 319 g/mol. The minimum Gasteiger partial charge on any atom is -0.327 e. The van der Waals surface area contributed by atoms with Crippen LogP contribution in [-0.4, -0.2) is 28.5 Å². The minimum absolute atomic E-state index is 0.0740. The van der Waals surface area contributed by atoms with Crippen LogP contribution in [0.15, 0.2) is 42.6 Å². The molecule has 1 aromatic carbocycles. The lowest BCUT2D eigenvalue weighted by Crippen LogP contribution is -2.40. The molecule has 4 heteroatoms. The fourth-order valence-corrected chi connectivity index (χ4v) is 2.81. The zero-order valence-corrected chi connectivity index (χ0v) is 14.4. The summed E-state index contributed by atoms with van der Waals surface area (Å²) >= 11 is 0. The van der Waals surface area contributed by atoms with Gasteiger partial charge in [-0.25, -0.2) is 4.79 Å². The summed E-state index contributed by atoms with van der Waals surface area (Å²) in [5.74, 6) is 6.29. The fourth-order valence-electron chi connectivity index (χ4n) is 2.81. The zero-order chi connectivity index (χ0) is 17.3. The number of rotatable bonds is 1. The number of nitrogens with zero attached hydrogens (tertiary/aromatic N) is 2. The highest BCUT2D eigenvalue weighted by molar-refractivity contribution is 5.78. The molecule has 4 nitrogen and oxygen atoms in total. The largest absolute Gasteiger partial charge is 0.327 e. The van der Waals surface area contributed by atoms with Gasteiger partial charge in [-0.1, -0.05) is 24.0 Å². The van der Waals surface area contributed by atoms with Crippen LogP contribution in [0.4, 0.5) is 4.79 Å². The molecule has 0 bridgehead atoms. The first-order valence-electron chi connectivity index (χ1n) is 7.97. The van der Waals surface area contributed by atoms with Crippen LogP contribution >= 0.6 is 0 Å². The minimum atomic E-state index is -0.321. The van der Waals surface area contributed by atoms with Crippen molar-refractivity contribution in [3.63, 3.8) is 0 Å². The smallest absolute Gasteiger partial charge is 0.318 e. The first kappa shape index (κ1) is 16.1. The Morgan fingerprint density at radius 2 is 1.92 bits per heavy atom. The van der Waals surface area contributed by atoms with Crippen LogP contribution in [0.25, 0.3) is 0 Å². The van der Waals surface area contributed by atoms with Crippen molar-refractivity contribution >= 4 is 6.03 Å². The number of carbonyl (C=O) groups excluding carboxylic acids is 1. The Kier molecular flexibility index (Phi) is 4.02. The summed E-state index contributed by atoms with van der Waals surface area (Å²) < 4.78 is 0. The molecule has 0 aliphatic carbocycles. The predicted molar refractivity (Wildman–Crippen MR) is 94.5 cm³/mol. The van der Waals surface area contributed by atoms with Gasteiger partial charge in [-0.15, -0.1) is 0 Å². The summed E-state index contributed by atoms with van der Waals surface area (Å²) in [4.78, 5) is 18.1. The third-order valence-corrected chi connectivity index (χ3v) is 4.59. The van der Waals surface area contributed by atoms with Crippen molar-refractivity contribution in [3.05, 3.63) is 65.0 Å². The van der Waals surface area contributed by atoms with Gasteiger partial charge in [-0.2, -0.15) is 0 Å². The standard InChI is InChI=1S/C20H21N3O/c1-14-6-5-7-15(12-14)8-9-16-10-11-17(21-13-16)18-20(2,3)23(4)19(24)22-18/h5-7,10-13,18H,1-4H3,(H,22,24). The van der Waals surface area contributed by atoms with E-state index < -0.39 is 0 Å². The molecule has 1 saturated heterocycles. The van der Waals surface area contributed by atoms with Gasteiger partial charge in [0.15, 0.2) is 0 Å². The summed E-state index contributed by atoms with van der Waals surface area (Å²) in [7, 11) is 1.80. The topological polar surface area (TPSA) is 45.2 Å². The fraction of sp³-hybridized carbons (Fsp3) is 0.300. The lowest BCUT2D eigenvalue weighted by Gasteiger charge is -2.30. The average molecular weight is 319 g/mol. The molecule has 0 saturated carbocycles. The Morgan fingerprint density at radius 1 is 1.17 bits per heavy atom. The van der Waals surface area contributed by atoms with Crippen LogP contribution in [0.1, 0.15) is 42.3 Å². The first-order valence-corrected chi connectivity index (χ1v) is 7.97. The molecule has 24 heavy (non-hydrogen) atoms. The number of amides is 2. The number of benzene rings is 1. The van der Waals surface area contributed by atoms with Crippen molar-refractivity contribution in [2.45, 2.75) is 32.4 Å². The lowest BCUT2D eigenvalue weighted by molar-refractivity contribution is 0.187. The van der Waals surface area contributed by atoms with Crippen LogP contribution in [-0.2, 0) is 0 Å². The van der Waals surface area contributed by atoms with E-state index in [4.69, 9.17) is 0 Å². The van der Waals surface area contributed by atoms with Crippen molar-refractivity contribution in [2.24, 2.45) is 0 Å². The summed E-state index contributed by atoms with van der Waals surface area (Å²) in [6.45, 7) is 6.11. The highest BCUT2D eigenvalue weighted by Gasteiger charge is 2.45. The second kappa shape index (κ2) is 6.01. The van der Waals surface area contributed by atoms with E-state index in [0.29, 0.717) is 0 Å². The molecule has 1 aromatic heterocycles. The Balaban J connectivity index is 1.81.